The number of hydrogen-bond donors (Lipinski definition) is 1. The largest absolute Gasteiger partial charge is 0.508 e. The van der Waals surface area contributed by atoms with E-state index in [1.165, 1.54) is 12.1 Å². The van der Waals surface area contributed by atoms with Crippen LogP contribution in [0.5, 0.6) is 5.75 Å². The van der Waals surface area contributed by atoms with Gasteiger partial charge in [0.25, 0.3) is 0 Å². The molecule has 0 aliphatic carbocycles. The Morgan fingerprint density at radius 2 is 1.97 bits per heavy atom. The molecule has 1 aliphatic heterocycles. The van der Waals surface area contributed by atoms with Crippen molar-refractivity contribution in [2.75, 3.05) is 19.7 Å². The minimum absolute atomic E-state index is 0.231. The number of carbonyl (C=O) groups is 1. The Kier molecular flexibility index (Phi) is 6.55. The summed E-state index contributed by atoms with van der Waals surface area (Å²) in [4.78, 5) is 15.2. The summed E-state index contributed by atoms with van der Waals surface area (Å²) in [7, 11) is 0. The molecule has 1 aliphatic rings. The lowest BCUT2D eigenvalue weighted by Gasteiger charge is -2.39. The second kappa shape index (κ2) is 9.53. The third-order valence-corrected chi connectivity index (χ3v) is 6.10. The highest BCUT2D eigenvalue weighted by molar-refractivity contribution is 5.77. The van der Waals surface area contributed by atoms with Gasteiger partial charge in [-0.1, -0.05) is 35.5 Å². The first-order valence-electron chi connectivity index (χ1n) is 10.9. The molecule has 4 rings (SSSR count). The molecule has 3 aromatic rings. The molecule has 7 heteroatoms. The molecule has 0 bridgehead atoms. The Labute approximate surface area is 186 Å². The molecule has 1 N–H and O–H groups in total. The Balaban J connectivity index is 1.49. The highest BCUT2D eigenvalue weighted by Gasteiger charge is 2.43. The van der Waals surface area contributed by atoms with E-state index in [0.717, 1.165) is 5.56 Å². The van der Waals surface area contributed by atoms with Gasteiger partial charge in [-0.05, 0) is 51.1 Å². The minimum Gasteiger partial charge on any atom is -0.508 e. The predicted molar refractivity (Wildman–Crippen MR) is 117 cm³/mol. The summed E-state index contributed by atoms with van der Waals surface area (Å²) < 4.78 is 24.5. The van der Waals surface area contributed by atoms with Gasteiger partial charge in [-0.25, -0.2) is 4.39 Å². The molecule has 1 saturated heterocycles. The lowest BCUT2D eigenvalue weighted by atomic mass is 9.74. The van der Waals surface area contributed by atoms with Crippen molar-refractivity contribution in [3.05, 3.63) is 71.7 Å². The monoisotopic (exact) mass is 438 g/mol. The predicted octanol–water partition coefficient (Wildman–Crippen LogP) is 4.57. The smallest absolute Gasteiger partial charge is 0.312 e. The van der Waals surface area contributed by atoms with Crippen LogP contribution in [-0.4, -0.2) is 40.8 Å². The molecular formula is C25H27FN2O4. The Morgan fingerprint density at radius 3 is 2.69 bits per heavy atom. The van der Waals surface area contributed by atoms with Crippen LogP contribution in [0.3, 0.4) is 0 Å². The Hall–Kier alpha value is -3.19. The van der Waals surface area contributed by atoms with Gasteiger partial charge < -0.3 is 14.4 Å². The van der Waals surface area contributed by atoms with Crippen LogP contribution < -0.4 is 0 Å². The summed E-state index contributed by atoms with van der Waals surface area (Å²) in [5.41, 5.74) is 1.33. The highest BCUT2D eigenvalue weighted by atomic mass is 19.1. The van der Waals surface area contributed by atoms with Crippen molar-refractivity contribution in [3.63, 3.8) is 0 Å². The lowest BCUT2D eigenvalue weighted by molar-refractivity contribution is -0.159. The standard InChI is InChI=1S/C25H27FN2O4/c1-2-31-24(30)25(10-12-28(13-11-25)17-19-6-3-4-9-23(19)29)16-21-15-22(27-32-21)18-7-5-8-20(26)14-18/h3-9,14-15,29H,2,10-13,16-17H2,1H3. The number of likely N-dealkylation sites (tertiary alicyclic amines) is 1. The number of aromatic nitrogens is 1. The van der Waals surface area contributed by atoms with Crippen LogP contribution in [0.2, 0.25) is 0 Å². The van der Waals surface area contributed by atoms with E-state index in [2.05, 4.69) is 10.1 Å². The van der Waals surface area contributed by atoms with Crippen molar-refractivity contribution < 1.29 is 23.6 Å². The van der Waals surface area contributed by atoms with Crippen molar-refractivity contribution in [3.8, 4) is 17.0 Å². The summed E-state index contributed by atoms with van der Waals surface area (Å²) >= 11 is 0. The minimum atomic E-state index is -0.704. The number of aromatic hydroxyl groups is 1. The Bertz CT molecular complexity index is 1070. The lowest BCUT2D eigenvalue weighted by Crippen LogP contribution is -2.46. The number of para-hydroxylation sites is 1. The first-order valence-corrected chi connectivity index (χ1v) is 10.9. The number of esters is 1. The zero-order chi connectivity index (χ0) is 22.6. The average Bonchev–Trinajstić information content (AvgIpc) is 3.25. The molecule has 32 heavy (non-hydrogen) atoms. The molecular weight excluding hydrogens is 411 g/mol. The van der Waals surface area contributed by atoms with Crippen LogP contribution >= 0.6 is 0 Å². The number of phenols is 1. The number of phenolic OH excluding ortho intramolecular Hbond substituents is 1. The first-order chi connectivity index (χ1) is 15.5. The van der Waals surface area contributed by atoms with Gasteiger partial charge in [0.15, 0.2) is 0 Å². The normalized spacial score (nSPS) is 16.1. The molecule has 0 saturated carbocycles. The van der Waals surface area contributed by atoms with Gasteiger partial charge in [0.05, 0.1) is 12.0 Å². The van der Waals surface area contributed by atoms with Gasteiger partial charge in [-0.3, -0.25) is 9.69 Å². The van der Waals surface area contributed by atoms with Crippen LogP contribution in [0.4, 0.5) is 4.39 Å². The molecule has 0 spiro atoms. The number of benzene rings is 2. The van der Waals surface area contributed by atoms with Gasteiger partial charge in [0.1, 0.15) is 23.0 Å². The third-order valence-electron chi connectivity index (χ3n) is 6.10. The van der Waals surface area contributed by atoms with E-state index < -0.39 is 5.41 Å². The van der Waals surface area contributed by atoms with Crippen molar-refractivity contribution in [2.24, 2.45) is 5.41 Å². The number of rotatable bonds is 7. The molecule has 2 heterocycles. The first kappa shape index (κ1) is 22.0. The average molecular weight is 438 g/mol. The van der Waals surface area contributed by atoms with Gasteiger partial charge >= 0.3 is 5.97 Å². The van der Waals surface area contributed by atoms with Crippen molar-refractivity contribution in [1.29, 1.82) is 0 Å². The second-order valence-electron chi connectivity index (χ2n) is 8.27. The van der Waals surface area contributed by atoms with E-state index in [1.54, 1.807) is 37.3 Å². The summed E-state index contributed by atoms with van der Waals surface area (Å²) in [6.07, 6.45) is 1.59. The number of nitrogens with zero attached hydrogens (tertiary/aromatic N) is 2. The molecule has 0 unspecified atom stereocenters. The molecule has 6 nitrogen and oxygen atoms in total. The van der Waals surface area contributed by atoms with E-state index in [-0.39, 0.29) is 17.5 Å². The second-order valence-corrected chi connectivity index (χ2v) is 8.27. The third kappa shape index (κ3) is 4.83. The maximum absolute atomic E-state index is 13.6. The zero-order valence-electron chi connectivity index (χ0n) is 18.1. The molecule has 2 aromatic carbocycles. The molecule has 168 valence electrons. The van der Waals surface area contributed by atoms with Gasteiger partial charge in [-0.15, -0.1) is 0 Å². The van der Waals surface area contributed by atoms with Gasteiger partial charge in [0.2, 0.25) is 0 Å². The molecule has 0 amide bonds. The number of carbonyl (C=O) groups excluding carboxylic acids is 1. The van der Waals surface area contributed by atoms with Crippen molar-refractivity contribution >= 4 is 5.97 Å². The fraction of sp³-hybridized carbons (Fsp3) is 0.360. The summed E-state index contributed by atoms with van der Waals surface area (Å²) in [5, 5.41) is 14.1. The van der Waals surface area contributed by atoms with Gasteiger partial charge in [-0.2, -0.15) is 0 Å². The highest BCUT2D eigenvalue weighted by Crippen LogP contribution is 2.38. The SMILES string of the molecule is CCOC(=O)C1(Cc2cc(-c3cccc(F)c3)no2)CCN(Cc2ccccc2O)CC1. The van der Waals surface area contributed by atoms with Crippen molar-refractivity contribution in [1.82, 2.24) is 10.1 Å². The zero-order valence-corrected chi connectivity index (χ0v) is 18.1. The topological polar surface area (TPSA) is 75.8 Å². The summed E-state index contributed by atoms with van der Waals surface area (Å²) in [5.74, 6) is 0.283. The Morgan fingerprint density at radius 1 is 1.19 bits per heavy atom. The van der Waals surface area contributed by atoms with E-state index in [0.29, 0.717) is 62.5 Å². The fourth-order valence-corrected chi connectivity index (χ4v) is 4.28. The van der Waals surface area contributed by atoms with Crippen LogP contribution in [0, 0.1) is 11.2 Å². The fourth-order valence-electron chi connectivity index (χ4n) is 4.28. The van der Waals surface area contributed by atoms with Crippen LogP contribution in [0.15, 0.2) is 59.1 Å². The number of piperidine rings is 1. The van der Waals surface area contributed by atoms with E-state index in [9.17, 15) is 14.3 Å². The van der Waals surface area contributed by atoms with Gasteiger partial charge in [0, 0.05) is 30.2 Å². The van der Waals surface area contributed by atoms with E-state index in [4.69, 9.17) is 9.26 Å². The summed E-state index contributed by atoms with van der Waals surface area (Å²) in [6.45, 7) is 4.12. The van der Waals surface area contributed by atoms with E-state index >= 15 is 0 Å². The quantitative estimate of drug-likeness (QED) is 0.545. The summed E-state index contributed by atoms with van der Waals surface area (Å²) in [6, 6.07) is 15.2. The van der Waals surface area contributed by atoms with Crippen LogP contribution in [0.25, 0.3) is 11.3 Å². The molecule has 0 radical (unpaired) electrons. The number of ether oxygens (including phenoxy) is 1. The van der Waals surface area contributed by atoms with Crippen LogP contribution in [-0.2, 0) is 22.5 Å². The maximum Gasteiger partial charge on any atom is 0.312 e. The number of halogens is 1. The maximum atomic E-state index is 13.6. The molecule has 1 aromatic heterocycles. The van der Waals surface area contributed by atoms with E-state index in [1.807, 2.05) is 12.1 Å². The van der Waals surface area contributed by atoms with Crippen LogP contribution in [0.1, 0.15) is 31.1 Å². The van der Waals surface area contributed by atoms with Crippen molar-refractivity contribution in [2.45, 2.75) is 32.7 Å². The molecule has 1 fully saturated rings. The number of hydrogen-bond acceptors (Lipinski definition) is 6. The molecule has 0 atom stereocenters.